The molecule has 3 nitrogen and oxygen atoms in total. The van der Waals surface area contributed by atoms with Crippen molar-refractivity contribution in [2.75, 3.05) is 0 Å². The lowest BCUT2D eigenvalue weighted by atomic mass is 10.1. The van der Waals surface area contributed by atoms with E-state index in [1.165, 1.54) is 6.07 Å². The number of aromatic nitrogens is 1. The number of aromatic amines is 1. The molecule has 12 heavy (non-hydrogen) atoms. The molecule has 0 saturated heterocycles. The van der Waals surface area contributed by atoms with Crippen molar-refractivity contribution in [1.29, 1.82) is 0 Å². The summed E-state index contributed by atoms with van der Waals surface area (Å²) in [6.45, 7) is 3.83. The SMILES string of the molecule is CCCc1[nH]c(=O)cc(O)c1C. The molecule has 0 fully saturated rings. The fraction of sp³-hybridized carbons (Fsp3) is 0.444. The van der Waals surface area contributed by atoms with Gasteiger partial charge in [0.25, 0.3) is 5.56 Å². The lowest BCUT2D eigenvalue weighted by Gasteiger charge is -2.04. The molecule has 2 N–H and O–H groups in total. The van der Waals surface area contributed by atoms with Crippen LogP contribution in [0.4, 0.5) is 0 Å². The molecule has 0 aliphatic carbocycles. The van der Waals surface area contributed by atoms with Crippen molar-refractivity contribution in [2.45, 2.75) is 26.7 Å². The Bertz CT molecular complexity index is 328. The molecular formula is C9H13NO2. The summed E-state index contributed by atoms with van der Waals surface area (Å²) in [5.74, 6) is 0.0854. The fourth-order valence-electron chi connectivity index (χ4n) is 1.17. The molecule has 0 atom stereocenters. The summed E-state index contributed by atoms with van der Waals surface area (Å²) in [5.41, 5.74) is 1.38. The quantitative estimate of drug-likeness (QED) is 0.698. The van der Waals surface area contributed by atoms with Crippen LogP contribution in [0.5, 0.6) is 5.75 Å². The minimum absolute atomic E-state index is 0.0854. The molecule has 3 heteroatoms. The smallest absolute Gasteiger partial charge is 0.251 e. The van der Waals surface area contributed by atoms with Crippen LogP contribution in [0.1, 0.15) is 24.6 Å². The van der Waals surface area contributed by atoms with Gasteiger partial charge < -0.3 is 10.1 Å². The van der Waals surface area contributed by atoms with Gasteiger partial charge in [0, 0.05) is 17.3 Å². The number of hydrogen-bond donors (Lipinski definition) is 2. The molecule has 1 heterocycles. The minimum Gasteiger partial charge on any atom is -0.507 e. The van der Waals surface area contributed by atoms with Crippen molar-refractivity contribution in [3.8, 4) is 5.75 Å². The maximum atomic E-state index is 10.9. The summed E-state index contributed by atoms with van der Waals surface area (Å²) >= 11 is 0. The molecule has 66 valence electrons. The van der Waals surface area contributed by atoms with E-state index >= 15 is 0 Å². The van der Waals surface area contributed by atoms with E-state index in [1.807, 2.05) is 6.92 Å². The number of pyridine rings is 1. The molecule has 0 aromatic carbocycles. The summed E-state index contributed by atoms with van der Waals surface area (Å²) in [5, 5.41) is 9.29. The van der Waals surface area contributed by atoms with E-state index in [9.17, 15) is 9.90 Å². The van der Waals surface area contributed by atoms with Crippen molar-refractivity contribution in [3.63, 3.8) is 0 Å². The number of nitrogens with one attached hydrogen (secondary N) is 1. The van der Waals surface area contributed by atoms with E-state index in [1.54, 1.807) is 6.92 Å². The van der Waals surface area contributed by atoms with Gasteiger partial charge in [0.1, 0.15) is 5.75 Å². The molecule has 0 saturated carbocycles. The summed E-state index contributed by atoms with van der Waals surface area (Å²) < 4.78 is 0. The zero-order valence-electron chi connectivity index (χ0n) is 7.35. The molecule has 1 rings (SSSR count). The molecule has 0 radical (unpaired) electrons. The Morgan fingerprint density at radius 3 is 2.83 bits per heavy atom. The first-order valence-electron chi connectivity index (χ1n) is 4.07. The van der Waals surface area contributed by atoms with E-state index in [2.05, 4.69) is 4.98 Å². The molecule has 0 spiro atoms. The first-order chi connectivity index (χ1) is 5.65. The van der Waals surface area contributed by atoms with Gasteiger partial charge >= 0.3 is 0 Å². The van der Waals surface area contributed by atoms with Gasteiger partial charge in [-0.15, -0.1) is 0 Å². The van der Waals surface area contributed by atoms with Crippen LogP contribution in [0, 0.1) is 6.92 Å². The van der Waals surface area contributed by atoms with E-state index in [0.717, 1.165) is 24.1 Å². The molecule has 0 amide bonds. The number of hydrogen-bond acceptors (Lipinski definition) is 2. The molecule has 1 aromatic rings. The topological polar surface area (TPSA) is 53.1 Å². The highest BCUT2D eigenvalue weighted by atomic mass is 16.3. The second-order valence-electron chi connectivity index (χ2n) is 2.87. The Morgan fingerprint density at radius 2 is 2.25 bits per heavy atom. The maximum Gasteiger partial charge on any atom is 0.251 e. The molecule has 0 unspecified atom stereocenters. The first-order valence-corrected chi connectivity index (χ1v) is 4.07. The number of aryl methyl sites for hydroxylation is 1. The average molecular weight is 167 g/mol. The van der Waals surface area contributed by atoms with Crippen LogP contribution in [0.2, 0.25) is 0 Å². The normalized spacial score (nSPS) is 10.2. The Balaban J connectivity index is 3.18. The highest BCUT2D eigenvalue weighted by molar-refractivity contribution is 5.33. The Hall–Kier alpha value is -1.25. The van der Waals surface area contributed by atoms with Gasteiger partial charge in [-0.2, -0.15) is 0 Å². The van der Waals surface area contributed by atoms with Crippen LogP contribution >= 0.6 is 0 Å². The second kappa shape index (κ2) is 3.43. The molecule has 0 bridgehead atoms. The first kappa shape index (κ1) is 8.84. The molecule has 0 aliphatic rings. The predicted octanol–water partition coefficient (Wildman–Crippen LogP) is 1.34. The lowest BCUT2D eigenvalue weighted by molar-refractivity contribution is 0.467. The summed E-state index contributed by atoms with van der Waals surface area (Å²) in [7, 11) is 0. The monoisotopic (exact) mass is 167 g/mol. The largest absolute Gasteiger partial charge is 0.507 e. The van der Waals surface area contributed by atoms with Crippen molar-refractivity contribution < 1.29 is 5.11 Å². The van der Waals surface area contributed by atoms with Gasteiger partial charge in [0.15, 0.2) is 0 Å². The van der Waals surface area contributed by atoms with Gasteiger partial charge in [-0.3, -0.25) is 4.79 Å². The molecule has 0 aliphatic heterocycles. The molecule has 1 aromatic heterocycles. The summed E-state index contributed by atoms with van der Waals surface area (Å²) in [4.78, 5) is 13.6. The maximum absolute atomic E-state index is 10.9. The van der Waals surface area contributed by atoms with Crippen LogP contribution in [0.15, 0.2) is 10.9 Å². The Labute approximate surface area is 71.1 Å². The van der Waals surface area contributed by atoms with E-state index in [4.69, 9.17) is 0 Å². The third-order valence-corrected chi connectivity index (χ3v) is 1.88. The van der Waals surface area contributed by atoms with Crippen LogP contribution in [-0.2, 0) is 6.42 Å². The molecular weight excluding hydrogens is 154 g/mol. The lowest BCUT2D eigenvalue weighted by Crippen LogP contribution is -2.08. The van der Waals surface area contributed by atoms with Crippen molar-refractivity contribution >= 4 is 0 Å². The van der Waals surface area contributed by atoms with Crippen molar-refractivity contribution in [1.82, 2.24) is 4.98 Å². The minimum atomic E-state index is -0.235. The zero-order chi connectivity index (χ0) is 9.14. The number of H-pyrrole nitrogens is 1. The van der Waals surface area contributed by atoms with E-state index in [-0.39, 0.29) is 11.3 Å². The Kier molecular flexibility index (Phi) is 2.53. The standard InChI is InChI=1S/C9H13NO2/c1-3-4-7-6(2)8(11)5-9(12)10-7/h5H,3-4H2,1-2H3,(H2,10,11,12). The number of aromatic hydroxyl groups is 1. The van der Waals surface area contributed by atoms with Crippen molar-refractivity contribution in [2.24, 2.45) is 0 Å². The predicted molar refractivity (Wildman–Crippen MR) is 47.5 cm³/mol. The highest BCUT2D eigenvalue weighted by Crippen LogP contribution is 2.15. The summed E-state index contributed by atoms with van der Waals surface area (Å²) in [6.07, 6.45) is 1.76. The third-order valence-electron chi connectivity index (χ3n) is 1.88. The van der Waals surface area contributed by atoms with Crippen LogP contribution in [-0.4, -0.2) is 10.1 Å². The van der Waals surface area contributed by atoms with Crippen molar-refractivity contribution in [3.05, 3.63) is 27.7 Å². The Morgan fingerprint density at radius 1 is 1.58 bits per heavy atom. The van der Waals surface area contributed by atoms with Crippen LogP contribution < -0.4 is 5.56 Å². The highest BCUT2D eigenvalue weighted by Gasteiger charge is 2.03. The van der Waals surface area contributed by atoms with E-state index < -0.39 is 0 Å². The number of rotatable bonds is 2. The zero-order valence-corrected chi connectivity index (χ0v) is 7.35. The fourth-order valence-corrected chi connectivity index (χ4v) is 1.17. The summed E-state index contributed by atoms with van der Waals surface area (Å²) in [6, 6.07) is 1.20. The van der Waals surface area contributed by atoms with Crippen LogP contribution in [0.25, 0.3) is 0 Å². The van der Waals surface area contributed by atoms with Gasteiger partial charge in [-0.1, -0.05) is 13.3 Å². The van der Waals surface area contributed by atoms with Gasteiger partial charge in [-0.05, 0) is 13.3 Å². The van der Waals surface area contributed by atoms with Gasteiger partial charge in [-0.25, -0.2) is 0 Å². The van der Waals surface area contributed by atoms with Gasteiger partial charge in [0.05, 0.1) is 0 Å². The third kappa shape index (κ3) is 1.67. The van der Waals surface area contributed by atoms with Crippen LogP contribution in [0.3, 0.4) is 0 Å². The van der Waals surface area contributed by atoms with E-state index in [0.29, 0.717) is 0 Å². The second-order valence-corrected chi connectivity index (χ2v) is 2.87. The van der Waals surface area contributed by atoms with Gasteiger partial charge in [0.2, 0.25) is 0 Å². The average Bonchev–Trinajstić information content (AvgIpc) is 2.00.